The molecule has 414 valence electrons. The summed E-state index contributed by atoms with van der Waals surface area (Å²) >= 11 is 0. The zero-order valence-corrected chi connectivity index (χ0v) is 48.1. The third kappa shape index (κ3) is 54.5. The Hall–Kier alpha value is -1.28. The molecule has 0 fully saturated rings. The Morgan fingerprint density at radius 3 is 1.16 bits per heavy atom. The van der Waals surface area contributed by atoms with Crippen molar-refractivity contribution in [1.82, 2.24) is 5.32 Å². The molecule has 0 rings (SSSR count). The molecule has 0 aliphatic carbocycles. The molecule has 0 saturated carbocycles. The van der Waals surface area contributed by atoms with Gasteiger partial charge in [0.05, 0.1) is 39.9 Å². The van der Waals surface area contributed by atoms with E-state index < -0.39 is 20.0 Å². The van der Waals surface area contributed by atoms with Gasteiger partial charge >= 0.3 is 0 Å². The molecule has 0 aliphatic heterocycles. The van der Waals surface area contributed by atoms with Crippen molar-refractivity contribution in [3.63, 3.8) is 0 Å². The minimum atomic E-state index is -4.60. The first kappa shape index (κ1) is 68.7. The number of amides is 1. The Labute approximate surface area is 436 Å². The molecule has 70 heavy (non-hydrogen) atoms. The molecule has 0 saturated heterocycles. The van der Waals surface area contributed by atoms with Crippen molar-refractivity contribution >= 4 is 13.7 Å². The summed E-state index contributed by atoms with van der Waals surface area (Å²) in [5.41, 5.74) is 0. The number of rotatable bonds is 56. The fourth-order valence-electron chi connectivity index (χ4n) is 9.05. The number of nitrogens with one attached hydrogen (secondary N) is 1. The molecule has 0 aromatic heterocycles. The molecule has 0 heterocycles. The minimum Gasteiger partial charge on any atom is -0.756 e. The number of likely N-dealkylation sites (N-methyl/N-ethyl adjacent to an activating group) is 1. The van der Waals surface area contributed by atoms with Crippen molar-refractivity contribution in [3.8, 4) is 0 Å². The van der Waals surface area contributed by atoms with Gasteiger partial charge in [-0.3, -0.25) is 9.36 Å². The maximum Gasteiger partial charge on any atom is 0.268 e. The molecule has 3 atom stereocenters. The summed E-state index contributed by atoms with van der Waals surface area (Å²) < 4.78 is 23.3. The standard InChI is InChI=1S/C61H119N2O6P/c1-6-8-10-12-14-16-18-20-22-23-24-25-26-27-28-29-30-31-32-33-34-35-36-37-38-39-41-43-45-47-49-51-53-55-61(65)62-59(58-69-70(66,67)68-57-56-63(3,4)5)60(64)54-52-50-48-46-44-42-40-21-19-17-15-13-11-9-7-2/h23-24,44,46,52,54,59-60,64H,6-22,25-43,45,47-51,53,55-58H2,1-5H3,(H-,62,65,66,67)/b24-23-,46-44+,54-52+. The van der Waals surface area contributed by atoms with Gasteiger partial charge in [-0.1, -0.05) is 269 Å². The first-order chi connectivity index (χ1) is 34.0. The maximum atomic E-state index is 13.0. The van der Waals surface area contributed by atoms with E-state index >= 15 is 0 Å². The molecule has 0 spiro atoms. The average molecular weight is 1010 g/mol. The zero-order chi connectivity index (χ0) is 51.3. The third-order valence-corrected chi connectivity index (χ3v) is 14.8. The van der Waals surface area contributed by atoms with E-state index in [0.717, 1.165) is 38.5 Å². The summed E-state index contributed by atoms with van der Waals surface area (Å²) in [5.74, 6) is -0.203. The Kier molecular flexibility index (Phi) is 51.6. The fourth-order valence-corrected chi connectivity index (χ4v) is 9.77. The highest BCUT2D eigenvalue weighted by Crippen LogP contribution is 2.38. The number of quaternary nitrogens is 1. The van der Waals surface area contributed by atoms with Gasteiger partial charge in [0.2, 0.25) is 5.91 Å². The van der Waals surface area contributed by atoms with E-state index in [1.807, 2.05) is 27.2 Å². The van der Waals surface area contributed by atoms with E-state index in [1.165, 1.54) is 238 Å². The van der Waals surface area contributed by atoms with E-state index in [4.69, 9.17) is 9.05 Å². The monoisotopic (exact) mass is 1010 g/mol. The number of nitrogens with zero attached hydrogens (tertiary/aromatic N) is 1. The van der Waals surface area contributed by atoms with Gasteiger partial charge in [0.15, 0.2) is 0 Å². The smallest absolute Gasteiger partial charge is 0.268 e. The normalized spacial score (nSPS) is 14.1. The molecule has 0 bridgehead atoms. The first-order valence-electron chi connectivity index (χ1n) is 30.4. The Morgan fingerprint density at radius 1 is 0.486 bits per heavy atom. The van der Waals surface area contributed by atoms with Gasteiger partial charge in [0, 0.05) is 6.42 Å². The summed E-state index contributed by atoms with van der Waals surface area (Å²) in [6, 6.07) is -0.901. The van der Waals surface area contributed by atoms with Gasteiger partial charge in [-0.15, -0.1) is 0 Å². The minimum absolute atomic E-state index is 0.00479. The van der Waals surface area contributed by atoms with Crippen molar-refractivity contribution in [2.24, 2.45) is 0 Å². The van der Waals surface area contributed by atoms with E-state index in [9.17, 15) is 19.4 Å². The third-order valence-electron chi connectivity index (χ3n) is 13.8. The predicted molar refractivity (Wildman–Crippen MR) is 302 cm³/mol. The summed E-state index contributed by atoms with van der Waals surface area (Å²) in [6.07, 6.45) is 68.2. The lowest BCUT2D eigenvalue weighted by molar-refractivity contribution is -0.870. The average Bonchev–Trinajstić information content (AvgIpc) is 3.32. The molecular formula is C61H119N2O6P. The van der Waals surface area contributed by atoms with Gasteiger partial charge < -0.3 is 28.8 Å². The number of hydrogen-bond donors (Lipinski definition) is 2. The quantitative estimate of drug-likeness (QED) is 0.0272. The van der Waals surface area contributed by atoms with E-state index in [0.29, 0.717) is 17.4 Å². The SMILES string of the molecule is CCCCCCCCCC/C=C\CCCCCCCCCCCCCCCCCCCCCCCC(=O)NC(COP(=O)([O-])OCC[N+](C)(C)C)C(O)/C=C/CC/C=C/CCCCCCCCCCC. The van der Waals surface area contributed by atoms with Crippen molar-refractivity contribution in [2.45, 2.75) is 309 Å². The summed E-state index contributed by atoms with van der Waals surface area (Å²) in [6.45, 7) is 4.65. The topological polar surface area (TPSA) is 108 Å². The van der Waals surface area contributed by atoms with Crippen LogP contribution in [0.25, 0.3) is 0 Å². The Morgan fingerprint density at radius 2 is 0.800 bits per heavy atom. The first-order valence-corrected chi connectivity index (χ1v) is 31.8. The molecule has 0 aromatic carbocycles. The summed E-state index contributed by atoms with van der Waals surface area (Å²) in [5, 5.41) is 13.8. The number of phosphoric acid groups is 1. The van der Waals surface area contributed by atoms with Crippen molar-refractivity contribution in [2.75, 3.05) is 40.9 Å². The molecule has 8 nitrogen and oxygen atoms in total. The van der Waals surface area contributed by atoms with Crippen LogP contribution in [0.3, 0.4) is 0 Å². The van der Waals surface area contributed by atoms with Crippen LogP contribution in [-0.4, -0.2) is 68.5 Å². The largest absolute Gasteiger partial charge is 0.756 e. The molecule has 0 radical (unpaired) electrons. The lowest BCUT2D eigenvalue weighted by Crippen LogP contribution is -2.45. The highest BCUT2D eigenvalue weighted by atomic mass is 31.2. The number of aliphatic hydroxyl groups is 1. The van der Waals surface area contributed by atoms with Crippen LogP contribution >= 0.6 is 7.82 Å². The molecule has 0 aromatic rings. The maximum absolute atomic E-state index is 13.0. The van der Waals surface area contributed by atoms with Crippen molar-refractivity contribution in [3.05, 3.63) is 36.5 Å². The summed E-state index contributed by atoms with van der Waals surface area (Å²) in [4.78, 5) is 25.5. The molecule has 9 heteroatoms. The number of allylic oxidation sites excluding steroid dienone is 5. The fraction of sp³-hybridized carbons (Fsp3) is 0.885. The van der Waals surface area contributed by atoms with Crippen molar-refractivity contribution in [1.29, 1.82) is 0 Å². The molecule has 3 unspecified atom stereocenters. The number of unbranched alkanes of at least 4 members (excludes halogenated alkanes) is 39. The molecule has 0 aliphatic rings. The van der Waals surface area contributed by atoms with Crippen LogP contribution in [0.15, 0.2) is 36.5 Å². The van der Waals surface area contributed by atoms with E-state index in [2.05, 4.69) is 43.5 Å². The van der Waals surface area contributed by atoms with Crippen LogP contribution in [0.5, 0.6) is 0 Å². The van der Waals surface area contributed by atoms with Gasteiger partial charge in [0.25, 0.3) is 7.82 Å². The molecule has 1 amide bonds. The second-order valence-corrected chi connectivity index (χ2v) is 23.5. The summed E-state index contributed by atoms with van der Waals surface area (Å²) in [7, 11) is 1.25. The van der Waals surface area contributed by atoms with Crippen LogP contribution in [0, 0.1) is 0 Å². The van der Waals surface area contributed by atoms with Crippen LogP contribution in [0.2, 0.25) is 0 Å². The lowest BCUT2D eigenvalue weighted by Gasteiger charge is -2.29. The van der Waals surface area contributed by atoms with Gasteiger partial charge in [-0.05, 0) is 57.8 Å². The Bertz CT molecular complexity index is 1230. The lowest BCUT2D eigenvalue weighted by atomic mass is 10.0. The van der Waals surface area contributed by atoms with Crippen LogP contribution < -0.4 is 10.2 Å². The van der Waals surface area contributed by atoms with Crippen LogP contribution in [-0.2, 0) is 18.4 Å². The van der Waals surface area contributed by atoms with E-state index in [1.54, 1.807) is 6.08 Å². The van der Waals surface area contributed by atoms with Crippen molar-refractivity contribution < 1.29 is 32.9 Å². The van der Waals surface area contributed by atoms with Gasteiger partial charge in [-0.25, -0.2) is 0 Å². The number of hydrogen-bond acceptors (Lipinski definition) is 6. The van der Waals surface area contributed by atoms with Crippen LogP contribution in [0.1, 0.15) is 296 Å². The highest BCUT2D eigenvalue weighted by molar-refractivity contribution is 7.45. The molecule has 2 N–H and O–H groups in total. The predicted octanol–water partition coefficient (Wildman–Crippen LogP) is 17.9. The Balaban J connectivity index is 4.02. The second kappa shape index (κ2) is 52.6. The van der Waals surface area contributed by atoms with Crippen LogP contribution in [0.4, 0.5) is 0 Å². The zero-order valence-electron chi connectivity index (χ0n) is 47.2. The van der Waals surface area contributed by atoms with Gasteiger partial charge in [0.1, 0.15) is 13.2 Å². The molecular weight excluding hydrogens is 888 g/mol. The van der Waals surface area contributed by atoms with E-state index in [-0.39, 0.29) is 19.1 Å². The number of phosphoric ester groups is 1. The second-order valence-electron chi connectivity index (χ2n) is 22.0. The number of aliphatic hydroxyl groups excluding tert-OH is 1. The number of carbonyl (C=O) groups excluding carboxylic acids is 1. The number of carbonyl (C=O) groups is 1. The highest BCUT2D eigenvalue weighted by Gasteiger charge is 2.23. The van der Waals surface area contributed by atoms with Gasteiger partial charge in [-0.2, -0.15) is 0 Å².